The second-order valence-electron chi connectivity index (χ2n) is 5.54. The molecule has 1 aromatic carbocycles. The SMILES string of the molecule is CCCCCC1=CCCC1=NNC(=O)CNc1ccccc1. The lowest BCUT2D eigenvalue weighted by atomic mass is 10.1. The quantitative estimate of drug-likeness (QED) is 0.565. The zero-order chi connectivity index (χ0) is 15.6. The zero-order valence-corrected chi connectivity index (χ0v) is 13.3. The molecule has 4 nitrogen and oxygen atoms in total. The molecule has 0 unspecified atom stereocenters. The highest BCUT2D eigenvalue weighted by atomic mass is 16.2. The Balaban J connectivity index is 1.75. The van der Waals surface area contributed by atoms with Gasteiger partial charge in [0.15, 0.2) is 0 Å². The molecule has 0 fully saturated rings. The van der Waals surface area contributed by atoms with Crippen LogP contribution in [0.1, 0.15) is 45.4 Å². The van der Waals surface area contributed by atoms with Crippen LogP contribution in [0, 0.1) is 0 Å². The summed E-state index contributed by atoms with van der Waals surface area (Å²) in [6, 6.07) is 9.69. The van der Waals surface area contributed by atoms with Gasteiger partial charge in [-0.15, -0.1) is 0 Å². The molecule has 0 spiro atoms. The first-order valence-corrected chi connectivity index (χ1v) is 8.13. The zero-order valence-electron chi connectivity index (χ0n) is 13.3. The fraction of sp³-hybridized carbons (Fsp3) is 0.444. The van der Waals surface area contributed by atoms with E-state index in [1.165, 1.54) is 24.8 Å². The fourth-order valence-corrected chi connectivity index (χ4v) is 2.51. The highest BCUT2D eigenvalue weighted by molar-refractivity contribution is 6.02. The summed E-state index contributed by atoms with van der Waals surface area (Å²) in [5.41, 5.74) is 5.95. The van der Waals surface area contributed by atoms with Crippen molar-refractivity contribution in [2.75, 3.05) is 11.9 Å². The van der Waals surface area contributed by atoms with Gasteiger partial charge in [-0.05, 0) is 43.4 Å². The van der Waals surface area contributed by atoms with Crippen LogP contribution < -0.4 is 10.7 Å². The average Bonchev–Trinajstić information content (AvgIpc) is 3.00. The Bertz CT molecular complexity index is 535. The molecule has 1 aliphatic carbocycles. The number of hydrogen-bond acceptors (Lipinski definition) is 3. The third-order valence-electron chi connectivity index (χ3n) is 3.73. The molecule has 0 bridgehead atoms. The van der Waals surface area contributed by atoms with Gasteiger partial charge in [0.25, 0.3) is 5.91 Å². The van der Waals surface area contributed by atoms with Crippen molar-refractivity contribution in [3.05, 3.63) is 42.0 Å². The number of unbranched alkanes of at least 4 members (excludes halogenated alkanes) is 2. The van der Waals surface area contributed by atoms with Crippen LogP contribution in [0.4, 0.5) is 5.69 Å². The van der Waals surface area contributed by atoms with Gasteiger partial charge in [0, 0.05) is 5.69 Å². The smallest absolute Gasteiger partial charge is 0.259 e. The molecular formula is C18H25N3O. The largest absolute Gasteiger partial charge is 0.376 e. The Morgan fingerprint density at radius 3 is 2.82 bits per heavy atom. The molecule has 0 saturated heterocycles. The van der Waals surface area contributed by atoms with E-state index in [1.807, 2.05) is 30.3 Å². The molecule has 2 rings (SSSR count). The second kappa shape index (κ2) is 9.03. The number of benzene rings is 1. The number of carbonyl (C=O) groups excluding carboxylic acids is 1. The standard InChI is InChI=1S/C18H25N3O/c1-2-3-5-9-15-10-8-13-17(15)20-21-18(22)14-19-16-11-6-4-7-12-16/h4,6-7,10-12,19H,2-3,5,8-9,13-14H2,1H3,(H,21,22). The summed E-state index contributed by atoms with van der Waals surface area (Å²) in [6.45, 7) is 2.44. The molecule has 0 aliphatic heterocycles. The van der Waals surface area contributed by atoms with Crippen LogP contribution in [0.3, 0.4) is 0 Å². The van der Waals surface area contributed by atoms with Crippen LogP contribution in [-0.2, 0) is 4.79 Å². The molecular weight excluding hydrogens is 274 g/mol. The monoisotopic (exact) mass is 299 g/mol. The molecule has 0 radical (unpaired) electrons. The van der Waals surface area contributed by atoms with Crippen molar-refractivity contribution >= 4 is 17.3 Å². The van der Waals surface area contributed by atoms with Gasteiger partial charge in [-0.3, -0.25) is 4.79 Å². The maximum absolute atomic E-state index is 11.8. The van der Waals surface area contributed by atoms with Crippen LogP contribution >= 0.6 is 0 Å². The van der Waals surface area contributed by atoms with Crippen molar-refractivity contribution in [1.82, 2.24) is 5.43 Å². The summed E-state index contributed by atoms with van der Waals surface area (Å²) in [4.78, 5) is 11.8. The van der Waals surface area contributed by atoms with Gasteiger partial charge in [0.05, 0.1) is 12.3 Å². The van der Waals surface area contributed by atoms with Crippen molar-refractivity contribution < 1.29 is 4.79 Å². The summed E-state index contributed by atoms with van der Waals surface area (Å²) in [7, 11) is 0. The first-order chi connectivity index (χ1) is 10.8. The Hall–Kier alpha value is -2.10. The lowest BCUT2D eigenvalue weighted by Gasteiger charge is -2.07. The summed E-state index contributed by atoms with van der Waals surface area (Å²) in [6.07, 6.45) is 8.98. The molecule has 22 heavy (non-hydrogen) atoms. The topological polar surface area (TPSA) is 53.5 Å². The Kier molecular flexibility index (Phi) is 6.68. The Morgan fingerprint density at radius 1 is 1.23 bits per heavy atom. The maximum atomic E-state index is 11.8. The Morgan fingerprint density at radius 2 is 2.05 bits per heavy atom. The maximum Gasteiger partial charge on any atom is 0.259 e. The first-order valence-electron chi connectivity index (χ1n) is 8.13. The van der Waals surface area contributed by atoms with E-state index in [4.69, 9.17) is 0 Å². The summed E-state index contributed by atoms with van der Waals surface area (Å²) in [5.74, 6) is -0.115. The highest BCUT2D eigenvalue weighted by Gasteiger charge is 2.13. The van der Waals surface area contributed by atoms with Crippen LogP contribution in [0.15, 0.2) is 47.1 Å². The van der Waals surface area contributed by atoms with Gasteiger partial charge in [-0.25, -0.2) is 5.43 Å². The van der Waals surface area contributed by atoms with Crippen molar-refractivity contribution in [3.8, 4) is 0 Å². The minimum absolute atomic E-state index is 0.115. The van der Waals surface area contributed by atoms with E-state index in [2.05, 4.69) is 28.8 Å². The van der Waals surface area contributed by atoms with Crippen LogP contribution in [0.5, 0.6) is 0 Å². The number of rotatable bonds is 8. The van der Waals surface area contributed by atoms with E-state index in [0.29, 0.717) is 0 Å². The first kappa shape index (κ1) is 16.3. The number of carbonyl (C=O) groups is 1. The van der Waals surface area contributed by atoms with Crippen LogP contribution in [0.2, 0.25) is 0 Å². The van der Waals surface area contributed by atoms with Gasteiger partial charge < -0.3 is 5.32 Å². The molecule has 0 saturated carbocycles. The molecule has 0 atom stereocenters. The molecule has 4 heteroatoms. The number of hydrogen-bond donors (Lipinski definition) is 2. The summed E-state index contributed by atoms with van der Waals surface area (Å²) in [5, 5.41) is 7.38. The predicted octanol–water partition coefficient (Wildman–Crippen LogP) is 3.87. The molecule has 1 aliphatic rings. The number of nitrogens with zero attached hydrogens (tertiary/aromatic N) is 1. The van der Waals surface area contributed by atoms with E-state index in [0.717, 1.165) is 30.7 Å². The minimum atomic E-state index is -0.115. The van der Waals surface area contributed by atoms with E-state index < -0.39 is 0 Å². The van der Waals surface area contributed by atoms with Crippen LogP contribution in [-0.4, -0.2) is 18.2 Å². The Labute approximate surface area is 132 Å². The number of hydrazone groups is 1. The normalized spacial score (nSPS) is 15.7. The van der Waals surface area contributed by atoms with Gasteiger partial charge in [-0.2, -0.15) is 5.10 Å². The van der Waals surface area contributed by atoms with E-state index >= 15 is 0 Å². The molecule has 0 heterocycles. The van der Waals surface area contributed by atoms with Crippen molar-refractivity contribution in [3.63, 3.8) is 0 Å². The lowest BCUT2D eigenvalue weighted by molar-refractivity contribution is -0.119. The summed E-state index contributed by atoms with van der Waals surface area (Å²) < 4.78 is 0. The lowest BCUT2D eigenvalue weighted by Crippen LogP contribution is -2.27. The number of amides is 1. The van der Waals surface area contributed by atoms with Gasteiger partial charge in [0.2, 0.25) is 0 Å². The van der Waals surface area contributed by atoms with Crippen molar-refractivity contribution in [2.45, 2.75) is 45.4 Å². The molecule has 2 N–H and O–H groups in total. The van der Waals surface area contributed by atoms with Crippen molar-refractivity contribution in [1.29, 1.82) is 0 Å². The highest BCUT2D eigenvalue weighted by Crippen LogP contribution is 2.20. The number of allylic oxidation sites excluding steroid dienone is 2. The molecule has 0 aromatic heterocycles. The number of nitrogens with one attached hydrogen (secondary N) is 2. The van der Waals surface area contributed by atoms with Gasteiger partial charge in [-0.1, -0.05) is 44.0 Å². The molecule has 1 amide bonds. The van der Waals surface area contributed by atoms with Gasteiger partial charge in [0.1, 0.15) is 0 Å². The third-order valence-corrected chi connectivity index (χ3v) is 3.73. The molecule has 118 valence electrons. The third kappa shape index (κ3) is 5.35. The minimum Gasteiger partial charge on any atom is -0.376 e. The number of para-hydroxylation sites is 1. The van der Waals surface area contributed by atoms with Gasteiger partial charge >= 0.3 is 0 Å². The van der Waals surface area contributed by atoms with Crippen molar-refractivity contribution in [2.24, 2.45) is 5.10 Å². The molecule has 1 aromatic rings. The van der Waals surface area contributed by atoms with E-state index in [1.54, 1.807) is 0 Å². The fourth-order valence-electron chi connectivity index (χ4n) is 2.51. The van der Waals surface area contributed by atoms with Crippen LogP contribution in [0.25, 0.3) is 0 Å². The van der Waals surface area contributed by atoms with E-state index in [-0.39, 0.29) is 12.5 Å². The second-order valence-corrected chi connectivity index (χ2v) is 5.54. The summed E-state index contributed by atoms with van der Waals surface area (Å²) >= 11 is 0. The average molecular weight is 299 g/mol. The predicted molar refractivity (Wildman–Crippen MR) is 92.0 cm³/mol. The number of anilines is 1. The van der Waals surface area contributed by atoms with E-state index in [9.17, 15) is 4.79 Å².